The zero-order valence-corrected chi connectivity index (χ0v) is 23.4. The third-order valence-electron chi connectivity index (χ3n) is 7.56. The minimum absolute atomic E-state index is 0.106. The molecule has 2 heterocycles. The van der Waals surface area contributed by atoms with E-state index < -0.39 is 5.60 Å². The van der Waals surface area contributed by atoms with Crippen molar-refractivity contribution in [3.63, 3.8) is 0 Å². The number of nitrogens with zero attached hydrogens (tertiary/aromatic N) is 2. The number of carbonyl (C=O) groups excluding carboxylic acids is 2. The fourth-order valence-electron chi connectivity index (χ4n) is 5.57. The van der Waals surface area contributed by atoms with Crippen LogP contribution in [0, 0.1) is 12.8 Å². The lowest BCUT2D eigenvalue weighted by atomic mass is 9.72. The number of aliphatic hydroxyl groups is 1. The third kappa shape index (κ3) is 6.67. The van der Waals surface area contributed by atoms with Gasteiger partial charge in [0.2, 0.25) is 5.91 Å². The van der Waals surface area contributed by atoms with E-state index in [0.717, 1.165) is 40.8 Å². The number of hydrogen-bond acceptors (Lipinski definition) is 5. The first-order valence-electron chi connectivity index (χ1n) is 13.5. The second kappa shape index (κ2) is 12.7. The second-order valence-corrected chi connectivity index (χ2v) is 10.8. The number of aryl methyl sites for hydroxylation is 1. The van der Waals surface area contributed by atoms with Crippen LogP contribution in [-0.2, 0) is 16.9 Å². The Hall–Kier alpha value is -3.26. The Bertz CT molecular complexity index is 1310. The van der Waals surface area contributed by atoms with Crippen LogP contribution < -0.4 is 11.1 Å². The topological polar surface area (TPSA) is 109 Å². The van der Waals surface area contributed by atoms with Crippen LogP contribution in [0.2, 0.25) is 5.02 Å². The van der Waals surface area contributed by atoms with E-state index in [9.17, 15) is 14.7 Å². The summed E-state index contributed by atoms with van der Waals surface area (Å²) in [5.74, 6) is -0.447. The molecule has 3 aromatic rings. The zero-order chi connectivity index (χ0) is 28.0. The minimum Gasteiger partial charge on any atom is -0.385 e. The molecule has 0 saturated carbocycles. The molecule has 8 heteroatoms. The molecular weight excluding hydrogens is 512 g/mol. The fourth-order valence-corrected chi connectivity index (χ4v) is 5.85. The molecule has 2 amide bonds. The van der Waals surface area contributed by atoms with Crippen molar-refractivity contribution >= 4 is 23.4 Å². The van der Waals surface area contributed by atoms with E-state index in [-0.39, 0.29) is 17.7 Å². The van der Waals surface area contributed by atoms with Crippen LogP contribution in [0.25, 0.3) is 11.1 Å². The van der Waals surface area contributed by atoms with Crippen molar-refractivity contribution in [3.8, 4) is 11.1 Å². The first kappa shape index (κ1) is 28.7. The normalized spacial score (nSPS) is 16.9. The van der Waals surface area contributed by atoms with Gasteiger partial charge in [0.25, 0.3) is 5.91 Å². The lowest BCUT2D eigenvalue weighted by molar-refractivity contribution is -0.119. The van der Waals surface area contributed by atoms with Gasteiger partial charge in [-0.05, 0) is 61.9 Å². The lowest BCUT2D eigenvalue weighted by Crippen LogP contribution is -2.48. The molecule has 1 saturated heterocycles. The maximum absolute atomic E-state index is 13.4. The molecule has 39 heavy (non-hydrogen) atoms. The van der Waals surface area contributed by atoms with Crippen molar-refractivity contribution in [1.82, 2.24) is 15.2 Å². The summed E-state index contributed by atoms with van der Waals surface area (Å²) in [6.07, 6.45) is 4.07. The Balaban J connectivity index is 1.70. The van der Waals surface area contributed by atoms with E-state index in [1.165, 1.54) is 6.92 Å². The van der Waals surface area contributed by atoms with E-state index >= 15 is 0 Å². The van der Waals surface area contributed by atoms with Crippen molar-refractivity contribution in [3.05, 3.63) is 88.2 Å². The van der Waals surface area contributed by atoms with Crippen LogP contribution in [0.5, 0.6) is 0 Å². The molecule has 1 fully saturated rings. The summed E-state index contributed by atoms with van der Waals surface area (Å²) in [7, 11) is 0. The molecule has 1 aliphatic heterocycles. The molecule has 0 spiro atoms. The van der Waals surface area contributed by atoms with Crippen LogP contribution in [0.3, 0.4) is 0 Å². The van der Waals surface area contributed by atoms with Gasteiger partial charge in [0.15, 0.2) is 0 Å². The number of likely N-dealkylation sites (tertiary alicyclic amines) is 1. The molecule has 0 radical (unpaired) electrons. The van der Waals surface area contributed by atoms with Crippen LogP contribution >= 0.6 is 11.6 Å². The van der Waals surface area contributed by atoms with E-state index in [1.807, 2.05) is 48.2 Å². The van der Waals surface area contributed by atoms with Gasteiger partial charge in [-0.3, -0.25) is 14.6 Å². The van der Waals surface area contributed by atoms with Gasteiger partial charge in [-0.25, -0.2) is 0 Å². The van der Waals surface area contributed by atoms with Crippen LogP contribution in [0.1, 0.15) is 59.8 Å². The van der Waals surface area contributed by atoms with Crippen LogP contribution in [-0.4, -0.2) is 46.4 Å². The van der Waals surface area contributed by atoms with E-state index in [2.05, 4.69) is 16.4 Å². The predicted molar refractivity (Wildman–Crippen MR) is 154 cm³/mol. The first-order chi connectivity index (χ1) is 18.7. The fraction of sp³-hybridized carbons (Fsp3) is 0.387. The second-order valence-electron chi connectivity index (χ2n) is 10.4. The first-order valence-corrected chi connectivity index (χ1v) is 13.9. The molecule has 0 unspecified atom stereocenters. The van der Waals surface area contributed by atoms with Crippen molar-refractivity contribution in [2.75, 3.05) is 19.6 Å². The van der Waals surface area contributed by atoms with Gasteiger partial charge in [-0.2, -0.15) is 0 Å². The number of benzene rings is 2. The van der Waals surface area contributed by atoms with Gasteiger partial charge in [-0.1, -0.05) is 53.6 Å². The summed E-state index contributed by atoms with van der Waals surface area (Å²) in [5, 5.41) is 16.0. The maximum Gasteiger partial charge on any atom is 0.255 e. The number of halogens is 1. The summed E-state index contributed by atoms with van der Waals surface area (Å²) in [6.45, 7) is 5.28. The largest absolute Gasteiger partial charge is 0.385 e. The van der Waals surface area contributed by atoms with E-state index in [4.69, 9.17) is 17.3 Å². The lowest BCUT2D eigenvalue weighted by Gasteiger charge is -2.44. The SMILES string of the molecule is CC(=O)NCCC[C@@](O)(c1cccc(Cl)c1-c1cccc(C)c1)[C@@H]1CCCN(C(=O)c2ccc(CN)nc2)C1. The summed E-state index contributed by atoms with van der Waals surface area (Å²) >= 11 is 6.80. The number of rotatable bonds is 9. The molecule has 0 bridgehead atoms. The van der Waals surface area contributed by atoms with Crippen molar-refractivity contribution in [2.45, 2.75) is 51.7 Å². The Labute approximate surface area is 235 Å². The van der Waals surface area contributed by atoms with Gasteiger partial charge in [0.1, 0.15) is 0 Å². The standard InChI is InChI=1S/C31H37ClN4O3/c1-21-7-3-8-23(17-21)29-27(10-4-11-28(29)32)31(39,14-6-15-34-22(2)37)25-9-5-16-36(20-25)30(38)24-12-13-26(18-33)35-19-24/h3-4,7-8,10-13,17,19,25,39H,5-6,9,14-16,18,20,33H2,1-2H3,(H,34,37)/t25-,31+/m1/s1. The number of amides is 2. The smallest absolute Gasteiger partial charge is 0.255 e. The highest BCUT2D eigenvalue weighted by Crippen LogP contribution is 2.45. The predicted octanol–water partition coefficient (Wildman–Crippen LogP) is 4.83. The number of carbonyl (C=O) groups is 2. The number of nitrogens with one attached hydrogen (secondary N) is 1. The molecule has 206 valence electrons. The third-order valence-corrected chi connectivity index (χ3v) is 7.88. The van der Waals surface area contributed by atoms with Gasteiger partial charge < -0.3 is 21.1 Å². The molecule has 7 nitrogen and oxygen atoms in total. The molecule has 2 atom stereocenters. The maximum atomic E-state index is 13.4. The van der Waals surface area contributed by atoms with Gasteiger partial charge in [0, 0.05) is 55.8 Å². The highest BCUT2D eigenvalue weighted by Gasteiger charge is 2.43. The monoisotopic (exact) mass is 548 g/mol. The van der Waals surface area contributed by atoms with Gasteiger partial charge in [-0.15, -0.1) is 0 Å². The van der Waals surface area contributed by atoms with Crippen LogP contribution in [0.15, 0.2) is 60.8 Å². The van der Waals surface area contributed by atoms with Gasteiger partial charge in [0.05, 0.1) is 16.9 Å². The molecule has 4 rings (SSSR count). The van der Waals surface area contributed by atoms with Crippen molar-refractivity contribution < 1.29 is 14.7 Å². The number of nitrogens with two attached hydrogens (primary N) is 1. The molecule has 1 aromatic heterocycles. The summed E-state index contributed by atoms with van der Waals surface area (Å²) in [4.78, 5) is 31.0. The molecular formula is C31H37ClN4O3. The van der Waals surface area contributed by atoms with E-state index in [1.54, 1.807) is 18.3 Å². The molecule has 2 aromatic carbocycles. The van der Waals surface area contributed by atoms with Crippen LogP contribution in [0.4, 0.5) is 0 Å². The average molecular weight is 549 g/mol. The number of piperidine rings is 1. The number of hydrogen-bond donors (Lipinski definition) is 3. The summed E-state index contributed by atoms with van der Waals surface area (Å²) in [5.41, 5.74) is 9.19. The Morgan fingerprint density at radius 2 is 2.00 bits per heavy atom. The average Bonchev–Trinajstić information content (AvgIpc) is 2.94. The molecule has 0 aliphatic carbocycles. The number of aromatic nitrogens is 1. The highest BCUT2D eigenvalue weighted by atomic mass is 35.5. The molecule has 1 aliphatic rings. The Kier molecular flexibility index (Phi) is 9.38. The summed E-state index contributed by atoms with van der Waals surface area (Å²) in [6, 6.07) is 17.3. The highest BCUT2D eigenvalue weighted by molar-refractivity contribution is 6.33. The molecule has 4 N–H and O–H groups in total. The minimum atomic E-state index is -1.27. The van der Waals surface area contributed by atoms with Crippen molar-refractivity contribution in [1.29, 1.82) is 0 Å². The van der Waals surface area contributed by atoms with Gasteiger partial charge >= 0.3 is 0 Å². The quantitative estimate of drug-likeness (QED) is 0.332. The number of pyridine rings is 1. The zero-order valence-electron chi connectivity index (χ0n) is 22.6. The van der Waals surface area contributed by atoms with E-state index in [0.29, 0.717) is 49.6 Å². The Morgan fingerprint density at radius 3 is 2.69 bits per heavy atom. The Morgan fingerprint density at radius 1 is 1.21 bits per heavy atom. The van der Waals surface area contributed by atoms with Crippen molar-refractivity contribution in [2.24, 2.45) is 11.7 Å². The summed E-state index contributed by atoms with van der Waals surface area (Å²) < 4.78 is 0.